The van der Waals surface area contributed by atoms with Crippen LogP contribution in [0.4, 0.5) is 5.82 Å². The Kier molecular flexibility index (Phi) is 4.68. The number of aryl methyl sites for hydroxylation is 1. The largest absolute Gasteiger partial charge is 0.379 e. The summed E-state index contributed by atoms with van der Waals surface area (Å²) in [5.41, 5.74) is 2.26. The maximum absolute atomic E-state index is 5.36. The van der Waals surface area contributed by atoms with E-state index in [-0.39, 0.29) is 0 Å². The van der Waals surface area contributed by atoms with Gasteiger partial charge in [0.15, 0.2) is 0 Å². The van der Waals surface area contributed by atoms with Gasteiger partial charge in [0, 0.05) is 25.0 Å². The van der Waals surface area contributed by atoms with E-state index >= 15 is 0 Å². The summed E-state index contributed by atoms with van der Waals surface area (Å²) < 4.78 is 5.36. The van der Waals surface area contributed by atoms with Gasteiger partial charge < -0.3 is 10.1 Å². The highest BCUT2D eigenvalue weighted by atomic mass is 16.5. The third-order valence-corrected chi connectivity index (χ3v) is 3.96. The van der Waals surface area contributed by atoms with Crippen LogP contribution in [0.15, 0.2) is 30.3 Å². The first kappa shape index (κ1) is 14.3. The zero-order valence-corrected chi connectivity index (χ0v) is 12.6. The monoisotopic (exact) mass is 285 g/mol. The maximum Gasteiger partial charge on any atom is 0.129 e. The van der Waals surface area contributed by atoms with Gasteiger partial charge in [0.05, 0.1) is 18.7 Å². The third-order valence-electron chi connectivity index (χ3n) is 3.96. The van der Waals surface area contributed by atoms with Crippen LogP contribution in [0.1, 0.15) is 12.0 Å². The Hall–Kier alpha value is -1.65. The average Bonchev–Trinajstić information content (AvgIpc) is 2.53. The molecule has 1 fully saturated rings. The van der Waals surface area contributed by atoms with Crippen LogP contribution >= 0.6 is 0 Å². The lowest BCUT2D eigenvalue weighted by atomic mass is 10.1. The smallest absolute Gasteiger partial charge is 0.129 e. The number of ether oxygens (including phenoxy) is 1. The number of anilines is 1. The van der Waals surface area contributed by atoms with Gasteiger partial charge in [-0.3, -0.25) is 4.90 Å². The van der Waals surface area contributed by atoms with Gasteiger partial charge in [-0.05, 0) is 37.6 Å². The van der Waals surface area contributed by atoms with E-state index in [0.717, 1.165) is 57.1 Å². The summed E-state index contributed by atoms with van der Waals surface area (Å²) in [5.74, 6) is 1.01. The van der Waals surface area contributed by atoms with E-state index < -0.39 is 0 Å². The number of hydrogen-bond acceptors (Lipinski definition) is 4. The second-order valence-electron chi connectivity index (χ2n) is 5.58. The minimum Gasteiger partial charge on any atom is -0.379 e. The first-order chi connectivity index (χ1) is 10.3. The Morgan fingerprint density at radius 3 is 2.90 bits per heavy atom. The second kappa shape index (κ2) is 6.87. The van der Waals surface area contributed by atoms with Gasteiger partial charge in [-0.15, -0.1) is 0 Å². The van der Waals surface area contributed by atoms with Crippen molar-refractivity contribution in [3.8, 4) is 0 Å². The lowest BCUT2D eigenvalue weighted by Crippen LogP contribution is -2.37. The predicted octanol–water partition coefficient (Wildman–Crippen LogP) is 2.68. The third kappa shape index (κ3) is 3.71. The fraction of sp³-hybridized carbons (Fsp3) is 0.471. The van der Waals surface area contributed by atoms with Crippen molar-refractivity contribution >= 4 is 16.7 Å². The van der Waals surface area contributed by atoms with Gasteiger partial charge in [-0.25, -0.2) is 4.98 Å². The van der Waals surface area contributed by atoms with E-state index in [0.29, 0.717) is 0 Å². The van der Waals surface area contributed by atoms with Crippen molar-refractivity contribution < 1.29 is 4.74 Å². The highest BCUT2D eigenvalue weighted by Crippen LogP contribution is 2.19. The lowest BCUT2D eigenvalue weighted by molar-refractivity contribution is 0.0378. The van der Waals surface area contributed by atoms with E-state index in [9.17, 15) is 0 Å². The minimum absolute atomic E-state index is 0.874. The van der Waals surface area contributed by atoms with E-state index in [1.165, 1.54) is 10.9 Å². The summed E-state index contributed by atoms with van der Waals surface area (Å²) >= 11 is 0. The Morgan fingerprint density at radius 1 is 1.24 bits per heavy atom. The van der Waals surface area contributed by atoms with Crippen molar-refractivity contribution in [3.05, 3.63) is 35.9 Å². The lowest BCUT2D eigenvalue weighted by Gasteiger charge is -2.26. The van der Waals surface area contributed by atoms with Crippen molar-refractivity contribution in [1.82, 2.24) is 9.88 Å². The van der Waals surface area contributed by atoms with Crippen molar-refractivity contribution in [2.24, 2.45) is 0 Å². The fourth-order valence-corrected chi connectivity index (χ4v) is 2.73. The molecule has 0 spiro atoms. The number of benzene rings is 1. The second-order valence-corrected chi connectivity index (χ2v) is 5.58. The van der Waals surface area contributed by atoms with E-state index in [1.54, 1.807) is 0 Å². The molecule has 2 aromatic rings. The molecule has 112 valence electrons. The average molecular weight is 285 g/mol. The molecule has 1 aromatic heterocycles. The van der Waals surface area contributed by atoms with Gasteiger partial charge >= 0.3 is 0 Å². The highest BCUT2D eigenvalue weighted by Gasteiger charge is 2.09. The molecule has 0 amide bonds. The quantitative estimate of drug-likeness (QED) is 0.857. The van der Waals surface area contributed by atoms with Crippen LogP contribution in [0.2, 0.25) is 0 Å². The van der Waals surface area contributed by atoms with Crippen LogP contribution in [-0.2, 0) is 4.74 Å². The molecule has 4 heteroatoms. The van der Waals surface area contributed by atoms with Crippen LogP contribution in [0.5, 0.6) is 0 Å². The predicted molar refractivity (Wildman–Crippen MR) is 86.8 cm³/mol. The van der Waals surface area contributed by atoms with Gasteiger partial charge in [0.1, 0.15) is 5.82 Å². The summed E-state index contributed by atoms with van der Waals surface area (Å²) in [5, 5.41) is 4.68. The minimum atomic E-state index is 0.874. The van der Waals surface area contributed by atoms with Crippen LogP contribution in [0, 0.1) is 6.92 Å². The van der Waals surface area contributed by atoms with Crippen LogP contribution in [0.25, 0.3) is 10.9 Å². The SMILES string of the molecule is Cc1cc2ccccc2nc1NCCCN1CCOCC1. The molecule has 1 aliphatic rings. The van der Waals surface area contributed by atoms with E-state index in [4.69, 9.17) is 9.72 Å². The van der Waals surface area contributed by atoms with Gasteiger partial charge in [-0.1, -0.05) is 18.2 Å². The number of fused-ring (bicyclic) bond motifs is 1. The molecule has 1 aromatic carbocycles. The van der Waals surface area contributed by atoms with Gasteiger partial charge in [0.25, 0.3) is 0 Å². The topological polar surface area (TPSA) is 37.4 Å². The molecule has 21 heavy (non-hydrogen) atoms. The zero-order chi connectivity index (χ0) is 14.5. The maximum atomic E-state index is 5.36. The van der Waals surface area contributed by atoms with Crippen molar-refractivity contribution in [2.45, 2.75) is 13.3 Å². The number of pyridine rings is 1. The van der Waals surface area contributed by atoms with Gasteiger partial charge in [0.2, 0.25) is 0 Å². The van der Waals surface area contributed by atoms with E-state index in [2.05, 4.69) is 41.4 Å². The Morgan fingerprint density at radius 2 is 2.05 bits per heavy atom. The fourth-order valence-electron chi connectivity index (χ4n) is 2.73. The van der Waals surface area contributed by atoms with Crippen LogP contribution in [-0.4, -0.2) is 49.3 Å². The van der Waals surface area contributed by atoms with Gasteiger partial charge in [-0.2, -0.15) is 0 Å². The molecule has 0 atom stereocenters. The molecular formula is C17H23N3O. The molecule has 0 saturated carbocycles. The number of rotatable bonds is 5. The molecule has 1 saturated heterocycles. The van der Waals surface area contributed by atoms with Crippen molar-refractivity contribution in [2.75, 3.05) is 44.7 Å². The normalized spacial score (nSPS) is 16.2. The molecular weight excluding hydrogens is 262 g/mol. The standard InChI is InChI=1S/C17H23N3O/c1-14-13-15-5-2-3-6-16(15)19-17(14)18-7-4-8-20-9-11-21-12-10-20/h2-3,5-6,13H,4,7-12H2,1H3,(H,18,19). The Bertz CT molecular complexity index is 594. The number of para-hydroxylation sites is 1. The van der Waals surface area contributed by atoms with Crippen molar-refractivity contribution in [3.63, 3.8) is 0 Å². The summed E-state index contributed by atoms with van der Waals surface area (Å²) in [7, 11) is 0. The zero-order valence-electron chi connectivity index (χ0n) is 12.6. The molecule has 1 aliphatic heterocycles. The summed E-state index contributed by atoms with van der Waals surface area (Å²) in [6, 6.07) is 10.5. The van der Waals surface area contributed by atoms with E-state index in [1.807, 2.05) is 6.07 Å². The molecule has 0 unspecified atom stereocenters. The first-order valence-corrected chi connectivity index (χ1v) is 7.73. The highest BCUT2D eigenvalue weighted by molar-refractivity contribution is 5.81. The number of morpholine rings is 1. The Labute approximate surface area is 126 Å². The number of aromatic nitrogens is 1. The Balaban J connectivity index is 1.53. The van der Waals surface area contributed by atoms with Crippen LogP contribution < -0.4 is 5.32 Å². The molecule has 0 radical (unpaired) electrons. The number of nitrogens with zero attached hydrogens (tertiary/aromatic N) is 2. The molecule has 4 nitrogen and oxygen atoms in total. The molecule has 0 aliphatic carbocycles. The summed E-state index contributed by atoms with van der Waals surface area (Å²) in [6.45, 7) is 8.08. The number of nitrogens with one attached hydrogen (secondary N) is 1. The first-order valence-electron chi connectivity index (χ1n) is 7.73. The molecule has 3 rings (SSSR count). The molecule has 2 heterocycles. The summed E-state index contributed by atoms with van der Waals surface area (Å²) in [6.07, 6.45) is 1.13. The summed E-state index contributed by atoms with van der Waals surface area (Å²) in [4.78, 5) is 7.18. The number of hydrogen-bond donors (Lipinski definition) is 1. The van der Waals surface area contributed by atoms with Crippen LogP contribution in [0.3, 0.4) is 0 Å². The van der Waals surface area contributed by atoms with Crippen molar-refractivity contribution in [1.29, 1.82) is 0 Å². The molecule has 1 N–H and O–H groups in total. The molecule has 0 bridgehead atoms.